The van der Waals surface area contributed by atoms with Gasteiger partial charge in [0, 0.05) is 9.35 Å². The van der Waals surface area contributed by atoms with Crippen LogP contribution in [0.15, 0.2) is 34.8 Å². The standard InChI is InChI=1S/C13H13BrClNS/c1-8-7-9(3-4-10(8)14)13(16-2)11-5-6-12(15)17-11/h3-7,13,16H,1-2H3. The van der Waals surface area contributed by atoms with Crippen molar-refractivity contribution < 1.29 is 0 Å². The third kappa shape index (κ3) is 2.91. The van der Waals surface area contributed by atoms with Crippen LogP contribution in [0, 0.1) is 6.92 Å². The van der Waals surface area contributed by atoms with Crippen LogP contribution in [0.3, 0.4) is 0 Å². The highest BCUT2D eigenvalue weighted by molar-refractivity contribution is 9.10. The van der Waals surface area contributed by atoms with Crippen molar-refractivity contribution in [1.29, 1.82) is 0 Å². The molecule has 0 aliphatic carbocycles. The second kappa shape index (κ2) is 5.53. The molecule has 0 saturated carbocycles. The Kier molecular flexibility index (Phi) is 4.26. The van der Waals surface area contributed by atoms with E-state index in [1.54, 1.807) is 11.3 Å². The van der Waals surface area contributed by atoms with Crippen LogP contribution in [0.4, 0.5) is 0 Å². The average molecular weight is 331 g/mol. The average Bonchev–Trinajstić information content (AvgIpc) is 2.71. The van der Waals surface area contributed by atoms with Crippen molar-refractivity contribution in [3.8, 4) is 0 Å². The quantitative estimate of drug-likeness (QED) is 0.854. The number of aryl methyl sites for hydroxylation is 1. The zero-order chi connectivity index (χ0) is 12.4. The molecule has 17 heavy (non-hydrogen) atoms. The Balaban J connectivity index is 2.38. The SMILES string of the molecule is CNC(c1ccc(Br)c(C)c1)c1ccc(Cl)s1. The number of nitrogens with one attached hydrogen (secondary N) is 1. The zero-order valence-electron chi connectivity index (χ0n) is 9.63. The summed E-state index contributed by atoms with van der Waals surface area (Å²) in [6.07, 6.45) is 0. The smallest absolute Gasteiger partial charge is 0.0931 e. The molecular weight excluding hydrogens is 318 g/mol. The molecule has 0 bridgehead atoms. The van der Waals surface area contributed by atoms with E-state index in [9.17, 15) is 0 Å². The van der Waals surface area contributed by atoms with Gasteiger partial charge in [-0.15, -0.1) is 11.3 Å². The summed E-state index contributed by atoms with van der Waals surface area (Å²) >= 11 is 11.1. The predicted octanol–water partition coefficient (Wildman–Crippen LogP) is 4.78. The van der Waals surface area contributed by atoms with Crippen LogP contribution in [0.1, 0.15) is 22.0 Å². The molecule has 2 rings (SSSR count). The molecule has 0 aliphatic heterocycles. The second-order valence-electron chi connectivity index (χ2n) is 3.87. The Labute approximate surface area is 119 Å². The molecule has 0 radical (unpaired) electrons. The lowest BCUT2D eigenvalue weighted by atomic mass is 10.0. The molecule has 1 nitrogen and oxygen atoms in total. The zero-order valence-corrected chi connectivity index (χ0v) is 12.8. The summed E-state index contributed by atoms with van der Waals surface area (Å²) in [4.78, 5) is 1.24. The molecule has 0 aliphatic rings. The normalized spacial score (nSPS) is 12.7. The molecule has 1 N–H and O–H groups in total. The first-order valence-corrected chi connectivity index (χ1v) is 7.29. The molecule has 1 atom stereocenters. The van der Waals surface area contributed by atoms with Gasteiger partial charge in [0.1, 0.15) is 0 Å². The Morgan fingerprint density at radius 1 is 1.29 bits per heavy atom. The molecular formula is C13H13BrClNS. The Hall–Kier alpha value is -0.350. The molecule has 1 aromatic heterocycles. The predicted molar refractivity (Wildman–Crippen MR) is 79.1 cm³/mol. The Morgan fingerprint density at radius 3 is 2.59 bits per heavy atom. The summed E-state index contributed by atoms with van der Waals surface area (Å²) in [7, 11) is 1.97. The molecule has 0 fully saturated rings. The van der Waals surface area contributed by atoms with Crippen molar-refractivity contribution in [1.82, 2.24) is 5.32 Å². The molecule has 0 saturated heterocycles. The molecule has 1 unspecified atom stereocenters. The number of hydrogen-bond donors (Lipinski definition) is 1. The minimum atomic E-state index is 0.208. The molecule has 2 aromatic rings. The summed E-state index contributed by atoms with van der Waals surface area (Å²) in [6.45, 7) is 2.10. The molecule has 0 spiro atoms. The van der Waals surface area contributed by atoms with Crippen LogP contribution < -0.4 is 5.32 Å². The van der Waals surface area contributed by atoms with Crippen LogP contribution in [0.25, 0.3) is 0 Å². The van der Waals surface area contributed by atoms with Crippen LogP contribution >= 0.6 is 38.9 Å². The third-order valence-corrected chi connectivity index (χ3v) is 4.87. The highest BCUT2D eigenvalue weighted by Crippen LogP contribution is 2.32. The van der Waals surface area contributed by atoms with Gasteiger partial charge < -0.3 is 5.32 Å². The molecule has 4 heteroatoms. The van der Waals surface area contributed by atoms with E-state index < -0.39 is 0 Å². The maximum Gasteiger partial charge on any atom is 0.0931 e. The van der Waals surface area contributed by atoms with Crippen LogP contribution in [0.5, 0.6) is 0 Å². The fourth-order valence-corrected chi connectivity index (χ4v) is 3.25. The van der Waals surface area contributed by atoms with E-state index >= 15 is 0 Å². The number of benzene rings is 1. The van der Waals surface area contributed by atoms with Crippen molar-refractivity contribution in [2.45, 2.75) is 13.0 Å². The van der Waals surface area contributed by atoms with E-state index in [4.69, 9.17) is 11.6 Å². The van der Waals surface area contributed by atoms with Crippen LogP contribution in [-0.2, 0) is 0 Å². The number of thiophene rings is 1. The fourth-order valence-electron chi connectivity index (χ4n) is 1.80. The first-order valence-electron chi connectivity index (χ1n) is 5.30. The van der Waals surface area contributed by atoms with Gasteiger partial charge >= 0.3 is 0 Å². The summed E-state index contributed by atoms with van der Waals surface area (Å²) in [6, 6.07) is 10.6. The Morgan fingerprint density at radius 2 is 2.06 bits per heavy atom. The lowest BCUT2D eigenvalue weighted by Gasteiger charge is -2.16. The lowest BCUT2D eigenvalue weighted by Crippen LogP contribution is -2.16. The van der Waals surface area contributed by atoms with Gasteiger partial charge in [0.15, 0.2) is 0 Å². The molecule has 90 valence electrons. The summed E-state index contributed by atoms with van der Waals surface area (Å²) in [5, 5.41) is 3.33. The molecule has 1 heterocycles. The largest absolute Gasteiger partial charge is 0.309 e. The van der Waals surface area contributed by atoms with Gasteiger partial charge in [0.25, 0.3) is 0 Å². The topological polar surface area (TPSA) is 12.0 Å². The van der Waals surface area contributed by atoms with E-state index in [-0.39, 0.29) is 6.04 Å². The van der Waals surface area contributed by atoms with E-state index in [0.29, 0.717) is 0 Å². The van der Waals surface area contributed by atoms with Gasteiger partial charge in [-0.25, -0.2) is 0 Å². The maximum absolute atomic E-state index is 5.99. The van der Waals surface area contributed by atoms with Gasteiger partial charge in [-0.1, -0.05) is 39.7 Å². The van der Waals surface area contributed by atoms with Crippen molar-refractivity contribution in [3.05, 3.63) is 55.1 Å². The van der Waals surface area contributed by atoms with Gasteiger partial charge in [-0.3, -0.25) is 0 Å². The molecule has 0 amide bonds. The van der Waals surface area contributed by atoms with Crippen LogP contribution in [0.2, 0.25) is 4.34 Å². The number of hydrogen-bond acceptors (Lipinski definition) is 2. The first-order chi connectivity index (χ1) is 8.11. The van der Waals surface area contributed by atoms with Crippen molar-refractivity contribution in [2.75, 3.05) is 7.05 Å². The van der Waals surface area contributed by atoms with Crippen molar-refractivity contribution in [3.63, 3.8) is 0 Å². The monoisotopic (exact) mass is 329 g/mol. The van der Waals surface area contributed by atoms with Crippen molar-refractivity contribution >= 4 is 38.9 Å². The third-order valence-electron chi connectivity index (χ3n) is 2.68. The van der Waals surface area contributed by atoms with Gasteiger partial charge in [0.05, 0.1) is 10.4 Å². The van der Waals surface area contributed by atoms with E-state index in [0.717, 1.165) is 8.81 Å². The maximum atomic E-state index is 5.99. The first kappa shape index (κ1) is 13.1. The van der Waals surface area contributed by atoms with E-state index in [1.807, 2.05) is 13.1 Å². The van der Waals surface area contributed by atoms with Gasteiger partial charge in [-0.2, -0.15) is 0 Å². The lowest BCUT2D eigenvalue weighted by molar-refractivity contribution is 0.703. The minimum absolute atomic E-state index is 0.208. The van der Waals surface area contributed by atoms with E-state index in [1.165, 1.54) is 16.0 Å². The number of halogens is 2. The highest BCUT2D eigenvalue weighted by Gasteiger charge is 2.14. The summed E-state index contributed by atoms with van der Waals surface area (Å²) in [5.41, 5.74) is 2.50. The number of rotatable bonds is 3. The van der Waals surface area contributed by atoms with Gasteiger partial charge in [-0.05, 0) is 43.3 Å². The summed E-state index contributed by atoms with van der Waals surface area (Å²) in [5.74, 6) is 0. The second-order valence-corrected chi connectivity index (χ2v) is 6.47. The minimum Gasteiger partial charge on any atom is -0.309 e. The van der Waals surface area contributed by atoms with Gasteiger partial charge in [0.2, 0.25) is 0 Å². The van der Waals surface area contributed by atoms with Crippen molar-refractivity contribution in [2.24, 2.45) is 0 Å². The highest BCUT2D eigenvalue weighted by atomic mass is 79.9. The van der Waals surface area contributed by atoms with E-state index in [2.05, 4.69) is 52.4 Å². The fraction of sp³-hybridized carbons (Fsp3) is 0.231. The summed E-state index contributed by atoms with van der Waals surface area (Å²) < 4.78 is 1.97. The van der Waals surface area contributed by atoms with Crippen LogP contribution in [-0.4, -0.2) is 7.05 Å². The Bertz CT molecular complexity index is 524. The molecule has 1 aromatic carbocycles.